The van der Waals surface area contributed by atoms with Gasteiger partial charge in [0, 0.05) is 54.9 Å². The van der Waals surface area contributed by atoms with Crippen LogP contribution in [-0.4, -0.2) is 24.1 Å². The fourth-order valence-corrected chi connectivity index (χ4v) is 11.0. The predicted octanol–water partition coefficient (Wildman–Crippen LogP) is 15.3. The summed E-state index contributed by atoms with van der Waals surface area (Å²) in [5.41, 5.74) is 15.8. The van der Waals surface area contributed by atoms with Gasteiger partial charge in [-0.15, -0.1) is 0 Å². The molecule has 0 bridgehead atoms. The molecule has 1 aliphatic carbocycles. The van der Waals surface area contributed by atoms with Crippen molar-refractivity contribution >= 4 is 65.6 Å². The fraction of sp³-hybridized carbons (Fsp3) is 0.0500. The lowest BCUT2D eigenvalue weighted by molar-refractivity contribution is 0.660. The molecule has 4 aromatic heterocycles. The highest BCUT2D eigenvalue weighted by Gasteiger charge is 2.37. The maximum atomic E-state index is 6.74. The highest BCUT2D eigenvalue weighted by molar-refractivity contribution is 6.24. The average Bonchev–Trinajstić information content (AvgIpc) is 4.09. The van der Waals surface area contributed by atoms with Gasteiger partial charge in [-0.2, -0.15) is 9.97 Å². The molecule has 0 saturated carbocycles. The van der Waals surface area contributed by atoms with Gasteiger partial charge >= 0.3 is 0 Å². The van der Waals surface area contributed by atoms with E-state index in [1.807, 2.05) is 24.3 Å². The maximum Gasteiger partial charge on any atom is 0.238 e. The van der Waals surface area contributed by atoms with Gasteiger partial charge in [-0.1, -0.05) is 184 Å². The zero-order valence-corrected chi connectivity index (χ0v) is 36.2. The Morgan fingerprint density at radius 1 is 0.409 bits per heavy atom. The summed E-state index contributed by atoms with van der Waals surface area (Å²) >= 11 is 0. The van der Waals surface area contributed by atoms with Crippen LogP contribution in [0.4, 0.5) is 0 Å². The molecule has 0 unspecified atom stereocenters. The van der Waals surface area contributed by atoms with Crippen LogP contribution in [0.1, 0.15) is 25.0 Å². The number of furan rings is 1. The average molecular weight is 846 g/mol. The number of hydrogen-bond donors (Lipinski definition) is 0. The highest BCUT2D eigenvalue weighted by Crippen LogP contribution is 2.52. The van der Waals surface area contributed by atoms with E-state index in [-0.39, 0.29) is 5.41 Å². The number of hydrogen-bond acceptors (Lipinski definition) is 4. The quantitative estimate of drug-likeness (QED) is 0.173. The zero-order chi connectivity index (χ0) is 43.7. The number of nitrogens with zero attached hydrogens (tertiary/aromatic N) is 5. The van der Waals surface area contributed by atoms with Gasteiger partial charge in [0.2, 0.25) is 5.95 Å². The fourth-order valence-electron chi connectivity index (χ4n) is 11.0. The van der Waals surface area contributed by atoms with E-state index in [1.54, 1.807) is 0 Å². The number of para-hydroxylation sites is 3. The number of aromatic nitrogens is 5. The minimum Gasteiger partial charge on any atom is -0.456 e. The lowest BCUT2D eigenvalue weighted by atomic mass is 9.82. The Bertz CT molecular complexity index is 4140. The molecule has 0 amide bonds. The van der Waals surface area contributed by atoms with Crippen LogP contribution >= 0.6 is 0 Å². The van der Waals surface area contributed by atoms with Crippen molar-refractivity contribution in [3.05, 3.63) is 211 Å². The third-order valence-corrected chi connectivity index (χ3v) is 14.0. The molecule has 0 spiro atoms. The smallest absolute Gasteiger partial charge is 0.238 e. The molecule has 0 radical (unpaired) electrons. The Morgan fingerprint density at radius 2 is 0.985 bits per heavy atom. The summed E-state index contributed by atoms with van der Waals surface area (Å²) in [6, 6.07) is 71.1. The van der Waals surface area contributed by atoms with Crippen LogP contribution in [0.2, 0.25) is 0 Å². The van der Waals surface area contributed by atoms with Gasteiger partial charge in [-0.25, -0.2) is 4.98 Å². The van der Waals surface area contributed by atoms with Gasteiger partial charge in [-0.3, -0.25) is 4.57 Å². The van der Waals surface area contributed by atoms with Crippen molar-refractivity contribution in [1.29, 1.82) is 0 Å². The molecule has 6 nitrogen and oxygen atoms in total. The van der Waals surface area contributed by atoms with Crippen LogP contribution in [0.15, 0.2) is 205 Å². The van der Waals surface area contributed by atoms with Crippen LogP contribution < -0.4 is 0 Å². The van der Waals surface area contributed by atoms with Crippen molar-refractivity contribution in [2.75, 3.05) is 0 Å². The molecule has 66 heavy (non-hydrogen) atoms. The second kappa shape index (κ2) is 13.7. The third-order valence-electron chi connectivity index (χ3n) is 14.0. The van der Waals surface area contributed by atoms with Gasteiger partial charge in [0.15, 0.2) is 11.6 Å². The van der Waals surface area contributed by atoms with Crippen molar-refractivity contribution < 1.29 is 4.42 Å². The van der Waals surface area contributed by atoms with Crippen molar-refractivity contribution in [3.8, 4) is 56.7 Å². The number of rotatable bonds is 5. The molecule has 9 aromatic carbocycles. The van der Waals surface area contributed by atoms with Crippen LogP contribution in [0.5, 0.6) is 0 Å². The van der Waals surface area contributed by atoms with Gasteiger partial charge in [0.1, 0.15) is 11.2 Å². The second-order valence-corrected chi connectivity index (χ2v) is 17.9. The van der Waals surface area contributed by atoms with E-state index in [0.717, 1.165) is 93.5 Å². The molecule has 13 aromatic rings. The second-order valence-electron chi connectivity index (χ2n) is 17.9. The number of fused-ring (bicyclic) bond motifs is 13. The highest BCUT2D eigenvalue weighted by atomic mass is 16.3. The summed E-state index contributed by atoms with van der Waals surface area (Å²) in [5, 5.41) is 6.70. The summed E-state index contributed by atoms with van der Waals surface area (Å²) in [6.07, 6.45) is 0. The molecular formula is C60H39N5O. The van der Waals surface area contributed by atoms with Crippen molar-refractivity contribution in [1.82, 2.24) is 24.1 Å². The SMILES string of the molecule is CC1(C)c2ccccc2-c2c(-c3nc(-c4ccccc4)nc(-n4c5ccccc5c5ccc6c7ccccc7n(-c7cc(-c8ccccc8)c8c(c7)oc7ccccc78)c6c54)n3)cccc21. The molecule has 310 valence electrons. The van der Waals surface area contributed by atoms with E-state index in [2.05, 4.69) is 199 Å². The van der Waals surface area contributed by atoms with Gasteiger partial charge in [-0.05, 0) is 57.6 Å². The van der Waals surface area contributed by atoms with Crippen LogP contribution in [0, 0.1) is 0 Å². The van der Waals surface area contributed by atoms with Crippen LogP contribution in [0.25, 0.3) is 122 Å². The first-order valence-electron chi connectivity index (χ1n) is 22.5. The first-order valence-corrected chi connectivity index (χ1v) is 22.5. The van der Waals surface area contributed by atoms with Crippen LogP contribution in [0.3, 0.4) is 0 Å². The summed E-state index contributed by atoms with van der Waals surface area (Å²) in [4.78, 5) is 16.3. The minimum absolute atomic E-state index is 0.183. The van der Waals surface area contributed by atoms with E-state index >= 15 is 0 Å². The molecule has 1 aliphatic rings. The molecule has 0 fully saturated rings. The van der Waals surface area contributed by atoms with Gasteiger partial charge < -0.3 is 8.98 Å². The maximum absolute atomic E-state index is 6.74. The van der Waals surface area contributed by atoms with E-state index in [4.69, 9.17) is 19.4 Å². The Morgan fingerprint density at radius 3 is 1.74 bits per heavy atom. The monoisotopic (exact) mass is 845 g/mol. The summed E-state index contributed by atoms with van der Waals surface area (Å²) in [6.45, 7) is 4.62. The Labute approximate surface area is 379 Å². The Hall–Kier alpha value is -8.61. The first-order chi connectivity index (χ1) is 32.5. The Kier molecular flexibility index (Phi) is 7.64. The number of benzene rings is 9. The molecule has 14 rings (SSSR count). The lowest BCUT2D eigenvalue weighted by Gasteiger charge is -2.21. The van der Waals surface area contributed by atoms with E-state index in [9.17, 15) is 0 Å². The molecule has 0 aliphatic heterocycles. The first kappa shape index (κ1) is 36.8. The predicted molar refractivity (Wildman–Crippen MR) is 270 cm³/mol. The summed E-state index contributed by atoms with van der Waals surface area (Å²) in [5.74, 6) is 1.79. The standard InChI is InChI=1S/C60H39N5O/c1-60(2)47-27-13-9-24-43(47)53-45(26-17-28-48(53)60)58-61-57(37-20-7-4-8-21-37)62-59(63-58)65-50-30-15-11-23-40(50)42-33-32-41-39-22-10-14-29-49(39)64(55(41)56(42)65)38-34-46(36-18-5-3-6-19-36)54-44-25-12-16-31-51(44)66-52(54)35-38/h3-35H,1-2H3. The molecule has 0 atom stereocenters. The molecule has 4 heterocycles. The molecular weight excluding hydrogens is 807 g/mol. The van der Waals surface area contributed by atoms with Gasteiger partial charge in [0.25, 0.3) is 0 Å². The molecule has 0 saturated heterocycles. The van der Waals surface area contributed by atoms with Crippen LogP contribution in [-0.2, 0) is 5.41 Å². The van der Waals surface area contributed by atoms with Crippen molar-refractivity contribution in [3.63, 3.8) is 0 Å². The van der Waals surface area contributed by atoms with E-state index in [0.29, 0.717) is 17.6 Å². The topological polar surface area (TPSA) is 61.7 Å². The minimum atomic E-state index is -0.183. The summed E-state index contributed by atoms with van der Waals surface area (Å²) in [7, 11) is 0. The lowest BCUT2D eigenvalue weighted by Crippen LogP contribution is -2.14. The van der Waals surface area contributed by atoms with Crippen molar-refractivity contribution in [2.45, 2.75) is 19.3 Å². The zero-order valence-electron chi connectivity index (χ0n) is 36.2. The Balaban J connectivity index is 1.12. The molecule has 0 N–H and O–H groups in total. The van der Waals surface area contributed by atoms with Crippen molar-refractivity contribution in [2.24, 2.45) is 0 Å². The summed E-state index contributed by atoms with van der Waals surface area (Å²) < 4.78 is 11.4. The normalized spacial score (nSPS) is 13.1. The molecule has 6 heteroatoms. The largest absolute Gasteiger partial charge is 0.456 e. The van der Waals surface area contributed by atoms with Gasteiger partial charge in [0.05, 0.1) is 27.8 Å². The third kappa shape index (κ3) is 5.15. The van der Waals surface area contributed by atoms with E-state index in [1.165, 1.54) is 22.3 Å². The van der Waals surface area contributed by atoms with E-state index < -0.39 is 0 Å².